The third-order valence-corrected chi connectivity index (χ3v) is 3.52. The van der Waals surface area contributed by atoms with Gasteiger partial charge in [-0.25, -0.2) is 0 Å². The van der Waals surface area contributed by atoms with E-state index in [1.165, 1.54) is 0 Å². The maximum atomic E-state index is 11.5. The fourth-order valence-electron chi connectivity index (χ4n) is 2.33. The Morgan fingerprint density at radius 3 is 2.57 bits per heavy atom. The van der Waals surface area contributed by atoms with Crippen LogP contribution >= 0.6 is 0 Å². The first-order valence-electron chi connectivity index (χ1n) is 7.15. The van der Waals surface area contributed by atoms with Gasteiger partial charge in [-0.05, 0) is 39.3 Å². The van der Waals surface area contributed by atoms with Crippen molar-refractivity contribution in [3.05, 3.63) is 24.3 Å². The monoisotopic (exact) mass is 294 g/mol. The van der Waals surface area contributed by atoms with Gasteiger partial charge in [0.1, 0.15) is 11.3 Å². The summed E-state index contributed by atoms with van der Waals surface area (Å²) < 4.78 is 5.34. The predicted octanol–water partition coefficient (Wildman–Crippen LogP) is 2.36. The molecule has 5 nitrogen and oxygen atoms in total. The molecule has 1 unspecified atom stereocenters. The summed E-state index contributed by atoms with van der Waals surface area (Å²) in [5.74, 6) is -0.0431. The summed E-state index contributed by atoms with van der Waals surface area (Å²) in [6.45, 7) is 6.24. The van der Waals surface area contributed by atoms with Gasteiger partial charge in [0.05, 0.1) is 12.8 Å². The molecule has 1 atom stereocenters. The zero-order valence-corrected chi connectivity index (χ0v) is 13.5. The average molecular weight is 294 g/mol. The van der Waals surface area contributed by atoms with Crippen LogP contribution < -0.4 is 15.0 Å². The first kappa shape index (κ1) is 17.3. The largest absolute Gasteiger partial charge is 0.495 e. The molecule has 0 amide bonds. The zero-order valence-electron chi connectivity index (χ0n) is 13.5. The minimum atomic E-state index is -0.940. The van der Waals surface area contributed by atoms with Crippen molar-refractivity contribution in [2.75, 3.05) is 25.6 Å². The quantitative estimate of drug-likeness (QED) is 0.770. The summed E-state index contributed by atoms with van der Waals surface area (Å²) in [4.78, 5) is 13.5. The first-order valence-corrected chi connectivity index (χ1v) is 7.15. The standard InChI is InChI=1S/C16H26N2O3/c1-12(2)17-16(3,15(19)20)10-11-18(4)13-8-6-7-9-14(13)21-5/h6-9,12,17H,10-11H2,1-5H3,(H,19,20). The minimum Gasteiger partial charge on any atom is -0.495 e. The number of nitrogens with one attached hydrogen (secondary N) is 1. The van der Waals surface area contributed by atoms with E-state index in [0.29, 0.717) is 13.0 Å². The second-order valence-corrected chi connectivity index (χ2v) is 5.78. The van der Waals surface area contributed by atoms with Crippen LogP contribution in [0.2, 0.25) is 0 Å². The molecule has 21 heavy (non-hydrogen) atoms. The van der Waals surface area contributed by atoms with Gasteiger partial charge < -0.3 is 14.7 Å². The van der Waals surface area contributed by atoms with Gasteiger partial charge in [0.15, 0.2) is 0 Å². The molecule has 5 heteroatoms. The van der Waals surface area contributed by atoms with Crippen LogP contribution in [0, 0.1) is 0 Å². The number of methoxy groups -OCH3 is 1. The third kappa shape index (κ3) is 4.63. The van der Waals surface area contributed by atoms with Gasteiger partial charge in [-0.15, -0.1) is 0 Å². The average Bonchev–Trinajstić information content (AvgIpc) is 2.43. The second kappa shape index (κ2) is 7.31. The van der Waals surface area contributed by atoms with Crippen LogP contribution in [0.25, 0.3) is 0 Å². The highest BCUT2D eigenvalue weighted by molar-refractivity contribution is 5.78. The third-order valence-electron chi connectivity index (χ3n) is 3.52. The number of aliphatic carboxylic acids is 1. The number of rotatable bonds is 8. The molecular formula is C16H26N2O3. The Morgan fingerprint density at radius 1 is 1.43 bits per heavy atom. The van der Waals surface area contributed by atoms with E-state index in [4.69, 9.17) is 4.74 Å². The van der Waals surface area contributed by atoms with Crippen LogP contribution in [0.1, 0.15) is 27.2 Å². The van der Waals surface area contributed by atoms with E-state index in [0.717, 1.165) is 11.4 Å². The van der Waals surface area contributed by atoms with E-state index in [1.807, 2.05) is 50.1 Å². The van der Waals surface area contributed by atoms with Crippen molar-refractivity contribution in [3.8, 4) is 5.75 Å². The summed E-state index contributed by atoms with van der Waals surface area (Å²) in [5.41, 5.74) is 0.0158. The molecule has 1 aromatic rings. The molecule has 0 radical (unpaired) electrons. The zero-order chi connectivity index (χ0) is 16.0. The van der Waals surface area contributed by atoms with Crippen LogP contribution in [0.3, 0.4) is 0 Å². The van der Waals surface area contributed by atoms with Gasteiger partial charge in [0, 0.05) is 19.6 Å². The molecule has 0 fully saturated rings. The molecule has 0 spiro atoms. The molecule has 0 bridgehead atoms. The Bertz CT molecular complexity index is 476. The number of anilines is 1. The lowest BCUT2D eigenvalue weighted by atomic mass is 9.96. The number of carboxylic acids is 1. The Labute approximate surface area is 126 Å². The van der Waals surface area contributed by atoms with Crippen molar-refractivity contribution in [2.45, 2.75) is 38.8 Å². The van der Waals surface area contributed by atoms with Gasteiger partial charge in [0.2, 0.25) is 0 Å². The van der Waals surface area contributed by atoms with E-state index < -0.39 is 11.5 Å². The van der Waals surface area contributed by atoms with E-state index in [1.54, 1.807) is 14.0 Å². The van der Waals surface area contributed by atoms with Gasteiger partial charge in [0.25, 0.3) is 0 Å². The Hall–Kier alpha value is -1.75. The van der Waals surface area contributed by atoms with Gasteiger partial charge in [-0.3, -0.25) is 10.1 Å². The van der Waals surface area contributed by atoms with Gasteiger partial charge >= 0.3 is 5.97 Å². The molecule has 0 aliphatic carbocycles. The molecule has 0 heterocycles. The lowest BCUT2D eigenvalue weighted by Crippen LogP contribution is -2.53. The summed E-state index contributed by atoms with van der Waals surface area (Å²) in [7, 11) is 3.57. The number of carboxylic acid groups (broad SMARTS) is 1. The number of carbonyl (C=O) groups is 1. The SMILES string of the molecule is COc1ccccc1N(C)CCC(C)(NC(C)C)C(=O)O. The number of ether oxygens (including phenoxy) is 1. The highest BCUT2D eigenvalue weighted by Gasteiger charge is 2.33. The predicted molar refractivity (Wildman–Crippen MR) is 85.2 cm³/mol. The van der Waals surface area contributed by atoms with E-state index in [2.05, 4.69) is 5.32 Å². The van der Waals surface area contributed by atoms with Gasteiger partial charge in [-0.2, -0.15) is 0 Å². The van der Waals surface area contributed by atoms with Crippen LogP contribution in [0.5, 0.6) is 5.75 Å². The van der Waals surface area contributed by atoms with Crippen molar-refractivity contribution in [1.29, 1.82) is 0 Å². The normalized spacial score (nSPS) is 13.8. The molecule has 1 rings (SSSR count). The van der Waals surface area contributed by atoms with Crippen molar-refractivity contribution in [3.63, 3.8) is 0 Å². The highest BCUT2D eigenvalue weighted by Crippen LogP contribution is 2.27. The Balaban J connectivity index is 2.78. The van der Waals surface area contributed by atoms with Crippen LogP contribution in [-0.2, 0) is 4.79 Å². The molecule has 0 saturated carbocycles. The number of nitrogens with zero attached hydrogens (tertiary/aromatic N) is 1. The fourth-order valence-corrected chi connectivity index (χ4v) is 2.33. The van der Waals surface area contributed by atoms with Crippen molar-refractivity contribution >= 4 is 11.7 Å². The maximum Gasteiger partial charge on any atom is 0.323 e. The highest BCUT2D eigenvalue weighted by atomic mass is 16.5. The van der Waals surface area contributed by atoms with Crippen molar-refractivity contribution < 1.29 is 14.6 Å². The van der Waals surface area contributed by atoms with Gasteiger partial charge in [-0.1, -0.05) is 12.1 Å². The lowest BCUT2D eigenvalue weighted by molar-refractivity contribution is -0.144. The van der Waals surface area contributed by atoms with Crippen LogP contribution in [-0.4, -0.2) is 43.4 Å². The minimum absolute atomic E-state index is 0.114. The Kier molecular flexibility index (Phi) is 6.03. The van der Waals surface area contributed by atoms with Crippen molar-refractivity contribution in [1.82, 2.24) is 5.32 Å². The summed E-state index contributed by atoms with van der Waals surface area (Å²) >= 11 is 0. The lowest BCUT2D eigenvalue weighted by Gasteiger charge is -2.31. The second-order valence-electron chi connectivity index (χ2n) is 5.78. The van der Waals surface area contributed by atoms with Crippen LogP contribution in [0.4, 0.5) is 5.69 Å². The summed E-state index contributed by atoms with van der Waals surface area (Å²) in [5, 5.41) is 12.6. The molecular weight excluding hydrogens is 268 g/mol. The van der Waals surface area contributed by atoms with Crippen molar-refractivity contribution in [2.24, 2.45) is 0 Å². The topological polar surface area (TPSA) is 61.8 Å². The maximum absolute atomic E-state index is 11.5. The molecule has 0 aliphatic heterocycles. The van der Waals surface area contributed by atoms with E-state index in [-0.39, 0.29) is 6.04 Å². The number of hydrogen-bond acceptors (Lipinski definition) is 4. The summed E-state index contributed by atoms with van der Waals surface area (Å²) in [6, 6.07) is 7.83. The molecule has 2 N–H and O–H groups in total. The molecule has 118 valence electrons. The smallest absolute Gasteiger partial charge is 0.323 e. The molecule has 0 aliphatic rings. The first-order chi connectivity index (χ1) is 9.80. The van der Waals surface area contributed by atoms with Crippen LogP contribution in [0.15, 0.2) is 24.3 Å². The number of hydrogen-bond donors (Lipinski definition) is 2. The molecule has 0 saturated heterocycles. The molecule has 1 aromatic carbocycles. The summed E-state index contributed by atoms with van der Waals surface area (Å²) in [6.07, 6.45) is 0.495. The Morgan fingerprint density at radius 2 is 2.05 bits per heavy atom. The fraction of sp³-hybridized carbons (Fsp3) is 0.562. The van der Waals surface area contributed by atoms with E-state index in [9.17, 15) is 9.90 Å². The number of para-hydroxylation sites is 2. The molecule has 0 aromatic heterocycles. The van der Waals surface area contributed by atoms with E-state index >= 15 is 0 Å². The number of benzene rings is 1.